The van der Waals surface area contributed by atoms with Crippen LogP contribution in [0.3, 0.4) is 0 Å². The molecule has 25 heavy (non-hydrogen) atoms. The number of aromatic nitrogens is 1. The smallest absolute Gasteiger partial charge is 0.193 e. The van der Waals surface area contributed by atoms with Gasteiger partial charge in [-0.05, 0) is 24.3 Å². The fourth-order valence-electron chi connectivity index (χ4n) is 3.05. The Morgan fingerprint density at radius 2 is 1.88 bits per heavy atom. The number of anilines is 1. The van der Waals surface area contributed by atoms with Crippen molar-refractivity contribution in [1.82, 2.24) is 15.2 Å². The predicted octanol–water partition coefficient (Wildman–Crippen LogP) is 2.68. The van der Waals surface area contributed by atoms with Crippen molar-refractivity contribution in [3.8, 4) is 0 Å². The van der Waals surface area contributed by atoms with E-state index in [0.717, 1.165) is 61.5 Å². The van der Waals surface area contributed by atoms with E-state index in [-0.39, 0.29) is 0 Å². The molecule has 0 saturated carbocycles. The average molecular weight is 358 g/mol. The second-order valence-electron chi connectivity index (χ2n) is 5.97. The lowest BCUT2D eigenvalue weighted by molar-refractivity contribution is 0.373. The van der Waals surface area contributed by atoms with Gasteiger partial charge in [-0.3, -0.25) is 9.98 Å². The van der Waals surface area contributed by atoms with Crippen LogP contribution in [0.15, 0.2) is 53.7 Å². The maximum Gasteiger partial charge on any atom is 0.193 e. The van der Waals surface area contributed by atoms with Crippen LogP contribution in [0.25, 0.3) is 0 Å². The molecule has 1 fully saturated rings. The molecular formula is C19H24ClN5. The van der Waals surface area contributed by atoms with Crippen molar-refractivity contribution < 1.29 is 0 Å². The van der Waals surface area contributed by atoms with Crippen molar-refractivity contribution in [3.63, 3.8) is 0 Å². The molecule has 0 bridgehead atoms. The molecule has 1 N–H and O–H groups in total. The van der Waals surface area contributed by atoms with E-state index in [1.807, 2.05) is 49.6 Å². The molecule has 0 atom stereocenters. The Morgan fingerprint density at radius 3 is 2.56 bits per heavy atom. The number of guanidine groups is 1. The lowest BCUT2D eigenvalue weighted by Gasteiger charge is -2.38. The first kappa shape index (κ1) is 17.5. The predicted molar refractivity (Wildman–Crippen MR) is 105 cm³/mol. The van der Waals surface area contributed by atoms with Crippen LogP contribution in [0.5, 0.6) is 0 Å². The quantitative estimate of drug-likeness (QED) is 0.675. The van der Waals surface area contributed by atoms with E-state index in [2.05, 4.69) is 31.2 Å². The van der Waals surface area contributed by atoms with Crippen LogP contribution < -0.4 is 10.2 Å². The molecule has 0 spiro atoms. The first-order chi connectivity index (χ1) is 12.3. The molecule has 0 radical (unpaired) electrons. The lowest BCUT2D eigenvalue weighted by atomic mass is 10.2. The summed E-state index contributed by atoms with van der Waals surface area (Å²) in [7, 11) is 1.84. The van der Waals surface area contributed by atoms with E-state index in [1.54, 1.807) is 0 Å². The van der Waals surface area contributed by atoms with Gasteiger partial charge in [0.15, 0.2) is 5.96 Å². The zero-order chi connectivity index (χ0) is 17.5. The highest BCUT2D eigenvalue weighted by molar-refractivity contribution is 6.33. The Bertz CT molecular complexity index is 696. The Morgan fingerprint density at radius 1 is 1.12 bits per heavy atom. The number of piperazine rings is 1. The molecule has 1 aromatic carbocycles. The third-order valence-electron chi connectivity index (χ3n) is 4.37. The molecule has 0 amide bonds. The Hall–Kier alpha value is -2.27. The molecule has 5 nitrogen and oxygen atoms in total. The number of aliphatic imine (C=N–C) groups is 1. The van der Waals surface area contributed by atoms with Crippen LogP contribution in [-0.4, -0.2) is 55.6 Å². The number of rotatable bonds is 4. The van der Waals surface area contributed by atoms with Gasteiger partial charge in [-0.2, -0.15) is 0 Å². The topological polar surface area (TPSA) is 43.8 Å². The maximum absolute atomic E-state index is 6.31. The molecular weight excluding hydrogens is 334 g/mol. The van der Waals surface area contributed by atoms with E-state index in [1.165, 1.54) is 0 Å². The molecule has 1 aliphatic heterocycles. The maximum atomic E-state index is 6.31. The second-order valence-corrected chi connectivity index (χ2v) is 6.38. The summed E-state index contributed by atoms with van der Waals surface area (Å²) in [6, 6.07) is 14.0. The fourth-order valence-corrected chi connectivity index (χ4v) is 3.30. The fraction of sp³-hybridized carbons (Fsp3) is 0.368. The molecule has 0 aliphatic carbocycles. The van der Waals surface area contributed by atoms with Crippen LogP contribution in [0.2, 0.25) is 5.02 Å². The molecule has 1 aromatic heterocycles. The van der Waals surface area contributed by atoms with Gasteiger partial charge in [0, 0.05) is 58.1 Å². The Labute approximate surface area is 154 Å². The molecule has 2 heterocycles. The second kappa shape index (κ2) is 8.72. The monoisotopic (exact) mass is 357 g/mol. The number of hydrogen-bond acceptors (Lipinski definition) is 3. The van der Waals surface area contributed by atoms with E-state index < -0.39 is 0 Å². The van der Waals surface area contributed by atoms with E-state index in [4.69, 9.17) is 11.6 Å². The normalized spacial score (nSPS) is 15.4. The van der Waals surface area contributed by atoms with Crippen molar-refractivity contribution in [3.05, 3.63) is 59.4 Å². The third kappa shape index (κ3) is 4.63. The summed E-state index contributed by atoms with van der Waals surface area (Å²) in [6.07, 6.45) is 2.72. The molecule has 2 aromatic rings. The van der Waals surface area contributed by atoms with Crippen molar-refractivity contribution in [2.75, 3.05) is 44.7 Å². The van der Waals surface area contributed by atoms with E-state index >= 15 is 0 Å². The van der Waals surface area contributed by atoms with Crippen LogP contribution in [0.4, 0.5) is 5.69 Å². The SMILES string of the molecule is CN=C(NCCc1ccccn1)N1CCN(c2ccccc2Cl)CC1. The Balaban J connectivity index is 1.50. The minimum Gasteiger partial charge on any atom is -0.367 e. The van der Waals surface area contributed by atoms with Gasteiger partial charge in [-0.25, -0.2) is 0 Å². The summed E-state index contributed by atoms with van der Waals surface area (Å²) in [5.41, 5.74) is 2.20. The summed E-state index contributed by atoms with van der Waals surface area (Å²) in [4.78, 5) is 13.4. The van der Waals surface area contributed by atoms with Crippen LogP contribution in [0, 0.1) is 0 Å². The van der Waals surface area contributed by atoms with Crippen LogP contribution >= 0.6 is 11.6 Å². The van der Waals surface area contributed by atoms with Crippen LogP contribution in [-0.2, 0) is 6.42 Å². The highest BCUT2D eigenvalue weighted by Gasteiger charge is 2.20. The largest absolute Gasteiger partial charge is 0.367 e. The van der Waals surface area contributed by atoms with Gasteiger partial charge in [-0.1, -0.05) is 29.8 Å². The van der Waals surface area contributed by atoms with Crippen molar-refractivity contribution in [1.29, 1.82) is 0 Å². The number of para-hydroxylation sites is 1. The van der Waals surface area contributed by atoms with Gasteiger partial charge in [0.05, 0.1) is 10.7 Å². The molecule has 3 rings (SSSR count). The van der Waals surface area contributed by atoms with Gasteiger partial charge in [-0.15, -0.1) is 0 Å². The minimum absolute atomic E-state index is 0.814. The zero-order valence-electron chi connectivity index (χ0n) is 14.5. The standard InChI is InChI=1S/C19H24ClN5/c1-21-19(23-11-9-16-6-4-5-10-22-16)25-14-12-24(13-15-25)18-8-3-2-7-17(18)20/h2-8,10H,9,11-15H2,1H3,(H,21,23). The van der Waals surface area contributed by atoms with Gasteiger partial charge in [0.2, 0.25) is 0 Å². The molecule has 132 valence electrons. The van der Waals surface area contributed by atoms with Crippen molar-refractivity contribution >= 4 is 23.2 Å². The summed E-state index contributed by atoms with van der Waals surface area (Å²) in [6.45, 7) is 4.55. The zero-order valence-corrected chi connectivity index (χ0v) is 15.3. The first-order valence-electron chi connectivity index (χ1n) is 8.63. The minimum atomic E-state index is 0.814. The number of hydrogen-bond donors (Lipinski definition) is 1. The number of nitrogens with zero attached hydrogens (tertiary/aromatic N) is 4. The van der Waals surface area contributed by atoms with Gasteiger partial charge < -0.3 is 15.1 Å². The number of halogens is 1. The lowest BCUT2D eigenvalue weighted by Crippen LogP contribution is -2.52. The summed E-state index contributed by atoms with van der Waals surface area (Å²) in [5.74, 6) is 0.953. The summed E-state index contributed by atoms with van der Waals surface area (Å²) >= 11 is 6.31. The third-order valence-corrected chi connectivity index (χ3v) is 4.69. The van der Waals surface area contributed by atoms with E-state index in [9.17, 15) is 0 Å². The Kier molecular flexibility index (Phi) is 6.12. The molecule has 1 aliphatic rings. The van der Waals surface area contributed by atoms with Crippen molar-refractivity contribution in [2.45, 2.75) is 6.42 Å². The van der Waals surface area contributed by atoms with Gasteiger partial charge >= 0.3 is 0 Å². The van der Waals surface area contributed by atoms with E-state index in [0.29, 0.717) is 0 Å². The summed E-state index contributed by atoms with van der Waals surface area (Å²) in [5, 5.41) is 4.26. The molecule has 1 saturated heterocycles. The molecule has 6 heteroatoms. The van der Waals surface area contributed by atoms with Gasteiger partial charge in [0.25, 0.3) is 0 Å². The number of benzene rings is 1. The van der Waals surface area contributed by atoms with Crippen LogP contribution in [0.1, 0.15) is 5.69 Å². The number of nitrogens with one attached hydrogen (secondary N) is 1. The highest BCUT2D eigenvalue weighted by atomic mass is 35.5. The molecule has 0 unspecified atom stereocenters. The average Bonchev–Trinajstić information content (AvgIpc) is 2.67. The summed E-state index contributed by atoms with van der Waals surface area (Å²) < 4.78 is 0. The highest BCUT2D eigenvalue weighted by Crippen LogP contribution is 2.25. The van der Waals surface area contributed by atoms with Crippen molar-refractivity contribution in [2.24, 2.45) is 4.99 Å². The first-order valence-corrected chi connectivity index (χ1v) is 9.00. The van der Waals surface area contributed by atoms with Gasteiger partial charge in [0.1, 0.15) is 0 Å². The number of pyridine rings is 1.